The van der Waals surface area contributed by atoms with Gasteiger partial charge in [0.15, 0.2) is 0 Å². The van der Waals surface area contributed by atoms with E-state index in [9.17, 15) is 0 Å². The number of rotatable bonds is 4. The van der Waals surface area contributed by atoms with Crippen molar-refractivity contribution < 1.29 is 0 Å². The third kappa shape index (κ3) is 3.55. The summed E-state index contributed by atoms with van der Waals surface area (Å²) < 4.78 is 0. The summed E-state index contributed by atoms with van der Waals surface area (Å²) in [6.45, 7) is 0.936. The van der Waals surface area contributed by atoms with Gasteiger partial charge in [-0.05, 0) is 41.7 Å². The molecule has 0 fully saturated rings. The first-order valence-electron chi connectivity index (χ1n) is 8.71. The highest BCUT2D eigenvalue weighted by atomic mass is 35.5. The van der Waals surface area contributed by atoms with E-state index < -0.39 is 0 Å². The Morgan fingerprint density at radius 2 is 1.96 bits per heavy atom. The minimum atomic E-state index is 0.477. The first-order valence-corrected chi connectivity index (χ1v) is 9.09. The number of fused-ring (bicyclic) bond motifs is 1. The molecule has 0 spiro atoms. The quantitative estimate of drug-likeness (QED) is 0.624. The van der Waals surface area contributed by atoms with Crippen LogP contribution in [0.4, 0.5) is 0 Å². The van der Waals surface area contributed by atoms with Crippen LogP contribution in [0.2, 0.25) is 5.02 Å². The molecule has 1 aromatic heterocycles. The van der Waals surface area contributed by atoms with Gasteiger partial charge in [0.1, 0.15) is 0 Å². The molecule has 1 aliphatic rings. The zero-order valence-electron chi connectivity index (χ0n) is 14.0. The molecule has 0 amide bonds. The smallest absolute Gasteiger partial charge is 0.0649 e. The number of aromatic nitrogens is 1. The Morgan fingerprint density at radius 3 is 2.84 bits per heavy atom. The fraction of sp³-hybridized carbons (Fsp3) is 0.182. The van der Waals surface area contributed by atoms with Crippen molar-refractivity contribution in [2.45, 2.75) is 18.9 Å². The third-order valence-corrected chi connectivity index (χ3v) is 5.10. The fourth-order valence-electron chi connectivity index (χ4n) is 3.47. The highest BCUT2D eigenvalue weighted by molar-refractivity contribution is 6.35. The molecule has 0 aliphatic carbocycles. The Morgan fingerprint density at radius 1 is 1.08 bits per heavy atom. The van der Waals surface area contributed by atoms with Crippen molar-refractivity contribution in [2.75, 3.05) is 6.54 Å². The number of hydrogen-bond donors (Lipinski definition) is 2. The summed E-state index contributed by atoms with van der Waals surface area (Å²) in [5, 5.41) is 5.53. The summed E-state index contributed by atoms with van der Waals surface area (Å²) in [5.41, 5.74) is 4.99. The Hall–Kier alpha value is -2.29. The molecule has 2 N–H and O–H groups in total. The van der Waals surface area contributed by atoms with E-state index in [1.807, 2.05) is 12.3 Å². The van der Waals surface area contributed by atoms with Crippen molar-refractivity contribution in [2.24, 2.45) is 0 Å². The SMILES string of the molecule is Clc1ccc(C=CCC2CC(c3ccccc3)=CCN2)c2cc[nH]c12. The van der Waals surface area contributed by atoms with Crippen molar-refractivity contribution in [3.05, 3.63) is 83.0 Å². The van der Waals surface area contributed by atoms with Crippen LogP contribution in [0.3, 0.4) is 0 Å². The summed E-state index contributed by atoms with van der Waals surface area (Å²) in [5.74, 6) is 0. The maximum atomic E-state index is 6.23. The van der Waals surface area contributed by atoms with E-state index in [1.165, 1.54) is 22.1 Å². The van der Waals surface area contributed by atoms with Crippen LogP contribution in [0.25, 0.3) is 22.6 Å². The standard InChI is InChI=1S/C22H21ClN2/c23-21-10-9-17(20-12-14-25-22(20)21)7-4-8-19-15-18(11-13-24-19)16-5-2-1-3-6-16/h1-7,9-12,14,19,24-25H,8,13,15H2. The molecule has 1 unspecified atom stereocenters. The second-order valence-corrected chi connectivity index (χ2v) is 6.85. The van der Waals surface area contributed by atoms with E-state index in [4.69, 9.17) is 11.6 Å². The molecule has 3 heteroatoms. The second kappa shape index (κ2) is 7.30. The highest BCUT2D eigenvalue weighted by Crippen LogP contribution is 2.27. The molecule has 0 radical (unpaired) electrons. The van der Waals surface area contributed by atoms with E-state index >= 15 is 0 Å². The van der Waals surface area contributed by atoms with Crippen LogP contribution in [-0.2, 0) is 0 Å². The highest BCUT2D eigenvalue weighted by Gasteiger charge is 2.14. The average Bonchev–Trinajstić information content (AvgIpc) is 3.16. The molecule has 2 heterocycles. The van der Waals surface area contributed by atoms with Crippen LogP contribution in [-0.4, -0.2) is 17.6 Å². The number of aromatic amines is 1. The zero-order valence-corrected chi connectivity index (χ0v) is 14.8. The molecule has 1 atom stereocenters. The average molecular weight is 349 g/mol. The van der Waals surface area contributed by atoms with E-state index in [0.717, 1.165) is 29.9 Å². The van der Waals surface area contributed by atoms with Gasteiger partial charge in [0.25, 0.3) is 0 Å². The molecule has 4 rings (SSSR count). The molecule has 2 aromatic carbocycles. The van der Waals surface area contributed by atoms with Crippen molar-refractivity contribution in [1.29, 1.82) is 0 Å². The largest absolute Gasteiger partial charge is 0.360 e. The fourth-order valence-corrected chi connectivity index (χ4v) is 3.69. The van der Waals surface area contributed by atoms with E-state index in [1.54, 1.807) is 0 Å². The molecule has 0 saturated heterocycles. The molecular weight excluding hydrogens is 328 g/mol. The number of hydrogen-bond acceptors (Lipinski definition) is 1. The second-order valence-electron chi connectivity index (χ2n) is 6.45. The maximum Gasteiger partial charge on any atom is 0.0649 e. The maximum absolute atomic E-state index is 6.23. The van der Waals surface area contributed by atoms with Crippen LogP contribution in [0, 0.1) is 0 Å². The predicted molar refractivity (Wildman–Crippen MR) is 108 cm³/mol. The van der Waals surface area contributed by atoms with Crippen LogP contribution in [0.1, 0.15) is 24.0 Å². The molecule has 3 aromatic rings. The summed E-state index contributed by atoms with van der Waals surface area (Å²) in [4.78, 5) is 3.21. The van der Waals surface area contributed by atoms with Gasteiger partial charge in [-0.1, -0.05) is 66.2 Å². The van der Waals surface area contributed by atoms with Crippen molar-refractivity contribution in [3.8, 4) is 0 Å². The molecule has 25 heavy (non-hydrogen) atoms. The predicted octanol–water partition coefficient (Wildman–Crippen LogP) is 5.67. The minimum Gasteiger partial charge on any atom is -0.360 e. The molecule has 2 nitrogen and oxygen atoms in total. The minimum absolute atomic E-state index is 0.477. The molecule has 0 saturated carbocycles. The normalized spacial score (nSPS) is 18.0. The summed E-state index contributed by atoms with van der Waals surface area (Å²) in [6, 6.07) is 17.3. The Kier molecular flexibility index (Phi) is 4.73. The van der Waals surface area contributed by atoms with Gasteiger partial charge in [-0.2, -0.15) is 0 Å². The van der Waals surface area contributed by atoms with Crippen molar-refractivity contribution >= 4 is 34.2 Å². The van der Waals surface area contributed by atoms with Gasteiger partial charge in [0, 0.05) is 24.2 Å². The van der Waals surface area contributed by atoms with Crippen molar-refractivity contribution in [1.82, 2.24) is 10.3 Å². The summed E-state index contributed by atoms with van der Waals surface area (Å²) in [6.07, 6.45) is 10.8. The number of benzene rings is 2. The number of nitrogens with one attached hydrogen (secondary N) is 2. The monoisotopic (exact) mass is 348 g/mol. The van der Waals surface area contributed by atoms with Gasteiger partial charge in [-0.15, -0.1) is 0 Å². The third-order valence-electron chi connectivity index (χ3n) is 4.79. The molecule has 0 bridgehead atoms. The van der Waals surface area contributed by atoms with Gasteiger partial charge in [-0.25, -0.2) is 0 Å². The lowest BCUT2D eigenvalue weighted by Crippen LogP contribution is -2.32. The molecule has 1 aliphatic heterocycles. The Bertz CT molecular complexity index is 922. The van der Waals surface area contributed by atoms with Crippen LogP contribution >= 0.6 is 11.6 Å². The van der Waals surface area contributed by atoms with Gasteiger partial charge in [0.05, 0.1) is 10.5 Å². The van der Waals surface area contributed by atoms with E-state index in [0.29, 0.717) is 6.04 Å². The number of H-pyrrole nitrogens is 1. The Balaban J connectivity index is 1.44. The van der Waals surface area contributed by atoms with Crippen LogP contribution in [0.5, 0.6) is 0 Å². The molecular formula is C22H21ClN2. The first-order chi connectivity index (χ1) is 12.3. The summed E-state index contributed by atoms with van der Waals surface area (Å²) in [7, 11) is 0. The van der Waals surface area contributed by atoms with Crippen LogP contribution in [0.15, 0.2) is 66.9 Å². The number of halogens is 1. The van der Waals surface area contributed by atoms with Gasteiger partial charge < -0.3 is 10.3 Å². The lowest BCUT2D eigenvalue weighted by atomic mass is 9.93. The van der Waals surface area contributed by atoms with Gasteiger partial charge in [0.2, 0.25) is 0 Å². The lowest BCUT2D eigenvalue weighted by molar-refractivity contribution is 0.542. The molecule has 126 valence electrons. The zero-order chi connectivity index (χ0) is 17.1. The Labute approximate surface area is 153 Å². The first kappa shape index (κ1) is 16.2. The van der Waals surface area contributed by atoms with Gasteiger partial charge >= 0.3 is 0 Å². The van der Waals surface area contributed by atoms with Crippen LogP contribution < -0.4 is 5.32 Å². The topological polar surface area (TPSA) is 27.8 Å². The van der Waals surface area contributed by atoms with Crippen molar-refractivity contribution in [3.63, 3.8) is 0 Å². The summed E-state index contributed by atoms with van der Waals surface area (Å²) >= 11 is 6.23. The lowest BCUT2D eigenvalue weighted by Gasteiger charge is -2.23. The van der Waals surface area contributed by atoms with E-state index in [2.05, 4.69) is 71.0 Å². The van der Waals surface area contributed by atoms with Gasteiger partial charge in [-0.3, -0.25) is 0 Å². The van der Waals surface area contributed by atoms with E-state index in [-0.39, 0.29) is 0 Å².